The maximum Gasteiger partial charge on any atom is 0.416 e. The lowest BCUT2D eigenvalue weighted by Gasteiger charge is -2.15. The number of nitrogens with one attached hydrogen (secondary N) is 1. The van der Waals surface area contributed by atoms with Crippen LogP contribution in [-0.2, 0) is 12.6 Å². The fraction of sp³-hybridized carbons (Fsp3) is 0.192. The Hall–Kier alpha value is -3.92. The summed E-state index contributed by atoms with van der Waals surface area (Å²) >= 11 is 0. The predicted octanol–water partition coefficient (Wildman–Crippen LogP) is 5.42. The van der Waals surface area contributed by atoms with E-state index in [1.165, 1.54) is 12.1 Å². The zero-order chi connectivity index (χ0) is 23.6. The lowest BCUT2D eigenvalue weighted by atomic mass is 9.97. The molecular weight excluding hydrogens is 427 g/mol. The first-order valence-electron chi connectivity index (χ1n) is 10.3. The molecule has 0 radical (unpaired) electrons. The van der Waals surface area contributed by atoms with Gasteiger partial charge in [-0.05, 0) is 61.7 Å². The number of halogens is 3. The first kappa shape index (κ1) is 22.3. The monoisotopic (exact) mass is 447 g/mol. The van der Waals surface area contributed by atoms with Gasteiger partial charge in [-0.1, -0.05) is 24.0 Å². The number of nitrogens with zero attached hydrogens (tertiary/aromatic N) is 2. The fourth-order valence-corrected chi connectivity index (χ4v) is 3.51. The van der Waals surface area contributed by atoms with Gasteiger partial charge in [0, 0.05) is 41.0 Å². The number of rotatable bonds is 2. The van der Waals surface area contributed by atoms with Crippen LogP contribution in [0.5, 0.6) is 0 Å². The highest BCUT2D eigenvalue weighted by molar-refractivity contribution is 6.04. The van der Waals surface area contributed by atoms with E-state index in [9.17, 15) is 18.0 Å². The summed E-state index contributed by atoms with van der Waals surface area (Å²) in [5.41, 5.74) is 3.91. The number of alkyl halides is 3. The van der Waals surface area contributed by atoms with E-state index in [1.54, 1.807) is 24.4 Å². The normalized spacial score (nSPS) is 14.8. The highest BCUT2D eigenvalue weighted by Crippen LogP contribution is 2.29. The van der Waals surface area contributed by atoms with E-state index < -0.39 is 17.6 Å². The molecule has 0 spiro atoms. The molecule has 0 saturated heterocycles. The van der Waals surface area contributed by atoms with Gasteiger partial charge < -0.3 is 5.32 Å². The Bertz CT molecular complexity index is 1320. The molecule has 0 aliphatic carbocycles. The second kappa shape index (κ2) is 8.91. The smallest absolute Gasteiger partial charge is 0.322 e. The molecule has 33 heavy (non-hydrogen) atoms. The largest absolute Gasteiger partial charge is 0.416 e. The average Bonchev–Trinajstić information content (AvgIpc) is 2.78. The van der Waals surface area contributed by atoms with E-state index in [-0.39, 0.29) is 11.6 Å². The number of anilines is 1. The van der Waals surface area contributed by atoms with Crippen LogP contribution in [0.3, 0.4) is 0 Å². The summed E-state index contributed by atoms with van der Waals surface area (Å²) in [5, 5.41) is 2.65. The van der Waals surface area contributed by atoms with Crippen LogP contribution >= 0.6 is 0 Å². The Morgan fingerprint density at radius 2 is 1.88 bits per heavy atom. The number of hydrogen-bond acceptors (Lipinski definition) is 3. The Morgan fingerprint density at radius 3 is 2.67 bits per heavy atom. The van der Waals surface area contributed by atoms with Gasteiger partial charge >= 0.3 is 6.18 Å². The van der Waals surface area contributed by atoms with E-state index in [2.05, 4.69) is 27.1 Å². The molecule has 166 valence electrons. The Balaban J connectivity index is 1.58. The third-order valence-corrected chi connectivity index (χ3v) is 5.32. The third-order valence-electron chi connectivity index (χ3n) is 5.32. The van der Waals surface area contributed by atoms with Gasteiger partial charge in [0.05, 0.1) is 17.2 Å². The van der Waals surface area contributed by atoms with Crippen LogP contribution in [0, 0.1) is 18.8 Å². The van der Waals surface area contributed by atoms with Gasteiger partial charge in [-0.3, -0.25) is 14.8 Å². The molecule has 1 aromatic heterocycles. The molecule has 0 saturated carbocycles. The van der Waals surface area contributed by atoms with E-state index in [1.807, 2.05) is 26.3 Å². The minimum atomic E-state index is -4.52. The van der Waals surface area contributed by atoms with Crippen molar-refractivity contribution in [1.29, 1.82) is 0 Å². The molecule has 1 atom stereocenters. The summed E-state index contributed by atoms with van der Waals surface area (Å²) in [7, 11) is 0. The summed E-state index contributed by atoms with van der Waals surface area (Å²) in [6, 6.07) is 9.71. The van der Waals surface area contributed by atoms with Crippen molar-refractivity contribution >= 4 is 17.8 Å². The molecule has 1 unspecified atom stereocenters. The van der Waals surface area contributed by atoms with Crippen molar-refractivity contribution < 1.29 is 18.0 Å². The van der Waals surface area contributed by atoms with Crippen LogP contribution in [0.4, 0.5) is 18.9 Å². The van der Waals surface area contributed by atoms with Gasteiger partial charge in [0.15, 0.2) is 0 Å². The molecule has 7 heteroatoms. The summed E-state index contributed by atoms with van der Waals surface area (Å²) in [6.07, 6.45) is 1.65. The Kier molecular flexibility index (Phi) is 6.01. The number of fused-ring (bicyclic) bond motifs is 1. The second-order valence-corrected chi connectivity index (χ2v) is 7.90. The molecule has 2 heterocycles. The fourth-order valence-electron chi connectivity index (χ4n) is 3.51. The number of aryl methyl sites for hydroxylation is 1. The van der Waals surface area contributed by atoms with Crippen molar-refractivity contribution in [3.63, 3.8) is 0 Å². The molecular formula is C26H20F3N3O. The van der Waals surface area contributed by atoms with Crippen LogP contribution in [-0.4, -0.2) is 23.1 Å². The zero-order valence-electron chi connectivity index (χ0n) is 18.0. The van der Waals surface area contributed by atoms with Crippen molar-refractivity contribution in [3.05, 3.63) is 93.8 Å². The van der Waals surface area contributed by atoms with Crippen LogP contribution in [0.2, 0.25) is 0 Å². The molecule has 1 aliphatic heterocycles. The second-order valence-electron chi connectivity index (χ2n) is 7.90. The minimum Gasteiger partial charge on any atom is -0.322 e. The highest BCUT2D eigenvalue weighted by Gasteiger charge is 2.30. The molecule has 4 nitrogen and oxygen atoms in total. The molecule has 2 aromatic carbocycles. The predicted molar refractivity (Wildman–Crippen MR) is 122 cm³/mol. The number of benzene rings is 2. The zero-order valence-corrected chi connectivity index (χ0v) is 18.0. The minimum absolute atomic E-state index is 0.0754. The van der Waals surface area contributed by atoms with Crippen LogP contribution in [0.15, 0.2) is 59.9 Å². The molecule has 0 bridgehead atoms. The quantitative estimate of drug-likeness (QED) is 0.533. The highest BCUT2D eigenvalue weighted by atomic mass is 19.4. The van der Waals surface area contributed by atoms with Crippen LogP contribution in [0.25, 0.3) is 0 Å². The number of aromatic nitrogens is 1. The first-order chi connectivity index (χ1) is 15.7. The van der Waals surface area contributed by atoms with E-state index in [4.69, 9.17) is 0 Å². The van der Waals surface area contributed by atoms with Crippen molar-refractivity contribution in [1.82, 2.24) is 4.98 Å². The SMILES string of the molecule is Cc1ccc(NC(=O)c2cccc(C(F)(F)F)c2)cc1C#Cc1cncc2c1C=NC(C)C2. The van der Waals surface area contributed by atoms with Crippen LogP contribution in [0.1, 0.15) is 50.7 Å². The van der Waals surface area contributed by atoms with Crippen molar-refractivity contribution in [2.45, 2.75) is 32.5 Å². The van der Waals surface area contributed by atoms with Gasteiger partial charge in [-0.25, -0.2) is 0 Å². The van der Waals surface area contributed by atoms with Crippen LogP contribution < -0.4 is 5.32 Å². The molecule has 1 amide bonds. The number of aliphatic imine (C=N–C) groups is 1. The number of hydrogen-bond donors (Lipinski definition) is 1. The number of amides is 1. The molecule has 1 aliphatic rings. The lowest BCUT2D eigenvalue weighted by molar-refractivity contribution is -0.137. The molecule has 3 aromatic rings. The summed E-state index contributed by atoms with van der Waals surface area (Å²) < 4.78 is 38.8. The van der Waals surface area contributed by atoms with Crippen molar-refractivity contribution in [2.75, 3.05) is 5.32 Å². The van der Waals surface area contributed by atoms with Gasteiger partial charge in [0.25, 0.3) is 5.91 Å². The molecule has 1 N–H and O–H groups in total. The summed E-state index contributed by atoms with van der Waals surface area (Å²) in [4.78, 5) is 21.3. The first-order valence-corrected chi connectivity index (χ1v) is 10.3. The summed E-state index contributed by atoms with van der Waals surface area (Å²) in [6.45, 7) is 3.94. The number of pyridine rings is 1. The Morgan fingerprint density at radius 1 is 1.09 bits per heavy atom. The van der Waals surface area contributed by atoms with Gasteiger partial charge in [-0.15, -0.1) is 0 Å². The third kappa shape index (κ3) is 5.12. The Labute approximate surface area is 189 Å². The van der Waals surface area contributed by atoms with Gasteiger partial charge in [-0.2, -0.15) is 13.2 Å². The maximum absolute atomic E-state index is 12.9. The van der Waals surface area contributed by atoms with Gasteiger partial charge in [0.1, 0.15) is 0 Å². The van der Waals surface area contributed by atoms with E-state index >= 15 is 0 Å². The summed E-state index contributed by atoms with van der Waals surface area (Å²) in [5.74, 6) is 5.63. The maximum atomic E-state index is 12.9. The van der Waals surface area contributed by atoms with E-state index in [0.717, 1.165) is 40.8 Å². The van der Waals surface area contributed by atoms with Gasteiger partial charge in [0.2, 0.25) is 0 Å². The average molecular weight is 447 g/mol. The van der Waals surface area contributed by atoms with Crippen molar-refractivity contribution in [2.24, 2.45) is 4.99 Å². The number of carbonyl (C=O) groups is 1. The van der Waals surface area contributed by atoms with Crippen molar-refractivity contribution in [3.8, 4) is 11.8 Å². The molecule has 0 fully saturated rings. The number of carbonyl (C=O) groups excluding carboxylic acids is 1. The standard InChI is InChI=1S/C26H20F3N3O/c1-16-6-9-23(32-25(33)19-4-3-5-22(11-19)26(27,28)29)12-18(16)7-8-20-13-30-14-21-10-17(2)31-15-24(20)21/h3-6,9,11-15,17H,10H2,1-2H3,(H,32,33). The molecule has 4 rings (SSSR count). The topological polar surface area (TPSA) is 54.4 Å². The van der Waals surface area contributed by atoms with E-state index in [0.29, 0.717) is 11.3 Å². The lowest BCUT2D eigenvalue weighted by Crippen LogP contribution is -2.14.